The minimum Gasteiger partial charge on any atom is -0.316 e. The van der Waals surface area contributed by atoms with Gasteiger partial charge in [0.05, 0.1) is 15.1 Å². The van der Waals surface area contributed by atoms with Gasteiger partial charge in [0.15, 0.2) is 4.80 Å². The summed E-state index contributed by atoms with van der Waals surface area (Å²) in [7, 11) is -3.65. The molecule has 0 aliphatic carbocycles. The first kappa shape index (κ1) is 23.7. The highest BCUT2D eigenvalue weighted by Gasteiger charge is 2.28. The summed E-state index contributed by atoms with van der Waals surface area (Å²) in [6.45, 7) is 5.71. The summed E-state index contributed by atoms with van der Waals surface area (Å²) in [5.41, 5.74) is 4.82. The lowest BCUT2D eigenvalue weighted by Gasteiger charge is -2.28. The fourth-order valence-electron chi connectivity index (χ4n) is 4.45. The summed E-state index contributed by atoms with van der Waals surface area (Å²) in [5, 5.41) is 0. The van der Waals surface area contributed by atoms with Crippen molar-refractivity contribution in [3.8, 4) is 0 Å². The Bertz CT molecular complexity index is 1580. The van der Waals surface area contributed by atoms with E-state index in [4.69, 9.17) is 0 Å². The zero-order valence-electron chi connectivity index (χ0n) is 19.8. The predicted molar refractivity (Wildman–Crippen MR) is 139 cm³/mol. The SMILES string of the molecule is CCCn1c(=NC(=O)c2ccc(S(=O)(=O)N3CCc4ccccc4C3)cc2)sc2cc(C)ccc21. The third-order valence-electron chi connectivity index (χ3n) is 6.32. The first-order valence-corrected chi connectivity index (χ1v) is 14.0. The van der Waals surface area contributed by atoms with Gasteiger partial charge in [-0.25, -0.2) is 8.42 Å². The average molecular weight is 506 g/mol. The highest BCUT2D eigenvalue weighted by Crippen LogP contribution is 2.25. The zero-order valence-corrected chi connectivity index (χ0v) is 21.4. The van der Waals surface area contributed by atoms with Crippen LogP contribution in [0.5, 0.6) is 0 Å². The van der Waals surface area contributed by atoms with E-state index < -0.39 is 10.0 Å². The van der Waals surface area contributed by atoms with Crippen LogP contribution in [0.1, 0.15) is 40.4 Å². The molecule has 2 heterocycles. The molecule has 0 bridgehead atoms. The normalized spacial score (nSPS) is 14.9. The van der Waals surface area contributed by atoms with E-state index in [0.717, 1.165) is 34.3 Å². The second-order valence-electron chi connectivity index (χ2n) is 8.81. The molecule has 0 atom stereocenters. The Balaban J connectivity index is 1.42. The Morgan fingerprint density at radius 2 is 1.77 bits per heavy atom. The number of benzene rings is 3. The van der Waals surface area contributed by atoms with E-state index in [-0.39, 0.29) is 10.8 Å². The van der Waals surface area contributed by atoms with E-state index in [9.17, 15) is 13.2 Å². The Kier molecular flexibility index (Phi) is 6.44. The summed E-state index contributed by atoms with van der Waals surface area (Å²) >= 11 is 1.49. The summed E-state index contributed by atoms with van der Waals surface area (Å²) in [6, 6.07) is 20.3. The smallest absolute Gasteiger partial charge is 0.279 e. The van der Waals surface area contributed by atoms with Crippen molar-refractivity contribution in [3.05, 3.63) is 93.8 Å². The largest absolute Gasteiger partial charge is 0.316 e. The lowest BCUT2D eigenvalue weighted by Crippen LogP contribution is -2.35. The van der Waals surface area contributed by atoms with E-state index in [1.165, 1.54) is 33.3 Å². The molecule has 1 aromatic heterocycles. The van der Waals surface area contributed by atoms with Crippen molar-refractivity contribution in [1.82, 2.24) is 8.87 Å². The molecule has 1 amide bonds. The Morgan fingerprint density at radius 3 is 2.51 bits per heavy atom. The van der Waals surface area contributed by atoms with Crippen molar-refractivity contribution in [2.24, 2.45) is 4.99 Å². The number of thiazole rings is 1. The number of fused-ring (bicyclic) bond motifs is 2. The number of carbonyl (C=O) groups is 1. The quantitative estimate of drug-likeness (QED) is 0.387. The first-order chi connectivity index (χ1) is 16.9. The molecule has 0 saturated heterocycles. The van der Waals surface area contributed by atoms with Gasteiger partial charge in [-0.3, -0.25) is 4.79 Å². The minimum absolute atomic E-state index is 0.187. The lowest BCUT2D eigenvalue weighted by molar-refractivity contribution is 0.0997. The molecule has 0 spiro atoms. The molecule has 3 aromatic carbocycles. The number of hydrogen-bond donors (Lipinski definition) is 0. The molecule has 180 valence electrons. The topological polar surface area (TPSA) is 71.7 Å². The second-order valence-corrected chi connectivity index (χ2v) is 11.8. The first-order valence-electron chi connectivity index (χ1n) is 11.7. The van der Waals surface area contributed by atoms with Crippen LogP contribution < -0.4 is 4.80 Å². The van der Waals surface area contributed by atoms with Crippen LogP contribution >= 0.6 is 11.3 Å². The van der Waals surface area contributed by atoms with Crippen molar-refractivity contribution in [2.75, 3.05) is 6.54 Å². The van der Waals surface area contributed by atoms with Gasteiger partial charge >= 0.3 is 0 Å². The maximum absolute atomic E-state index is 13.2. The van der Waals surface area contributed by atoms with Gasteiger partial charge in [0.2, 0.25) is 10.0 Å². The van der Waals surface area contributed by atoms with Gasteiger partial charge in [0, 0.05) is 25.2 Å². The molecule has 6 nitrogen and oxygen atoms in total. The molecule has 5 rings (SSSR count). The fraction of sp³-hybridized carbons (Fsp3) is 0.259. The van der Waals surface area contributed by atoms with Crippen molar-refractivity contribution < 1.29 is 13.2 Å². The third-order valence-corrected chi connectivity index (χ3v) is 9.22. The highest BCUT2D eigenvalue weighted by molar-refractivity contribution is 7.89. The van der Waals surface area contributed by atoms with Crippen LogP contribution in [0.25, 0.3) is 10.2 Å². The van der Waals surface area contributed by atoms with Crippen LogP contribution in [0.3, 0.4) is 0 Å². The van der Waals surface area contributed by atoms with Gasteiger partial charge in [-0.05, 0) is 72.9 Å². The van der Waals surface area contributed by atoms with Gasteiger partial charge in [-0.15, -0.1) is 0 Å². The Morgan fingerprint density at radius 1 is 1.03 bits per heavy atom. The molecule has 35 heavy (non-hydrogen) atoms. The van der Waals surface area contributed by atoms with Crippen LogP contribution in [-0.2, 0) is 29.5 Å². The van der Waals surface area contributed by atoms with Gasteiger partial charge < -0.3 is 4.57 Å². The van der Waals surface area contributed by atoms with Crippen LogP contribution in [0.2, 0.25) is 0 Å². The molecular formula is C27H27N3O3S2. The average Bonchev–Trinajstić information content (AvgIpc) is 3.19. The van der Waals surface area contributed by atoms with Crippen LogP contribution in [0.4, 0.5) is 0 Å². The number of aryl methyl sites for hydroxylation is 2. The number of carbonyl (C=O) groups excluding carboxylic acids is 1. The maximum Gasteiger partial charge on any atom is 0.279 e. The lowest BCUT2D eigenvalue weighted by atomic mass is 10.0. The van der Waals surface area contributed by atoms with E-state index in [1.807, 2.05) is 31.2 Å². The van der Waals surface area contributed by atoms with E-state index >= 15 is 0 Å². The number of aromatic nitrogens is 1. The second kappa shape index (κ2) is 9.53. The van der Waals surface area contributed by atoms with Crippen LogP contribution in [0, 0.1) is 6.92 Å². The number of nitrogens with zero attached hydrogens (tertiary/aromatic N) is 3. The maximum atomic E-state index is 13.2. The number of amides is 1. The number of sulfonamides is 1. The van der Waals surface area contributed by atoms with Gasteiger partial charge in [-0.1, -0.05) is 48.6 Å². The summed E-state index contributed by atoms with van der Waals surface area (Å²) in [6.07, 6.45) is 1.62. The molecule has 4 aromatic rings. The van der Waals surface area contributed by atoms with Gasteiger partial charge in [0.25, 0.3) is 5.91 Å². The molecule has 0 radical (unpaired) electrons. The van der Waals surface area contributed by atoms with Crippen molar-refractivity contribution >= 4 is 37.5 Å². The Hall–Kier alpha value is -3.07. The third kappa shape index (κ3) is 4.61. The molecular weight excluding hydrogens is 478 g/mol. The van der Waals surface area contributed by atoms with E-state index in [0.29, 0.717) is 29.9 Å². The van der Waals surface area contributed by atoms with E-state index in [2.05, 4.69) is 34.7 Å². The van der Waals surface area contributed by atoms with Crippen molar-refractivity contribution in [3.63, 3.8) is 0 Å². The predicted octanol–water partition coefficient (Wildman–Crippen LogP) is 4.91. The van der Waals surface area contributed by atoms with Crippen LogP contribution in [0.15, 0.2) is 76.6 Å². The highest BCUT2D eigenvalue weighted by atomic mass is 32.2. The Labute approximate surface area is 209 Å². The zero-order chi connectivity index (χ0) is 24.6. The minimum atomic E-state index is -3.65. The molecule has 0 fully saturated rings. The van der Waals surface area contributed by atoms with Crippen molar-refractivity contribution in [1.29, 1.82) is 0 Å². The number of rotatable bonds is 5. The monoisotopic (exact) mass is 505 g/mol. The molecule has 0 saturated carbocycles. The fourth-order valence-corrected chi connectivity index (χ4v) is 7.02. The van der Waals surface area contributed by atoms with Crippen molar-refractivity contribution in [2.45, 2.75) is 44.7 Å². The molecule has 1 aliphatic heterocycles. The van der Waals surface area contributed by atoms with E-state index in [1.54, 1.807) is 12.1 Å². The van der Waals surface area contributed by atoms with Crippen LogP contribution in [-0.4, -0.2) is 29.7 Å². The summed E-state index contributed by atoms with van der Waals surface area (Å²) in [4.78, 5) is 18.2. The molecule has 0 unspecified atom stereocenters. The summed E-state index contributed by atoms with van der Waals surface area (Å²) < 4.78 is 31.1. The molecule has 8 heteroatoms. The number of hydrogen-bond acceptors (Lipinski definition) is 4. The standard InChI is InChI=1S/C27H27N3O3S2/c1-3-15-30-24-13-8-19(2)17-25(24)34-27(30)28-26(31)21-9-11-23(12-10-21)35(32,33)29-16-14-20-6-4-5-7-22(20)18-29/h4-13,17H,3,14-16,18H2,1-2H3. The summed E-state index contributed by atoms with van der Waals surface area (Å²) in [5.74, 6) is -0.381. The molecule has 1 aliphatic rings. The molecule has 0 N–H and O–H groups in total. The van der Waals surface area contributed by atoms with Gasteiger partial charge in [0.1, 0.15) is 0 Å². The van der Waals surface area contributed by atoms with Gasteiger partial charge in [-0.2, -0.15) is 9.30 Å².